The third kappa shape index (κ3) is 4.13. The molecule has 7 rings (SSSR count). The molecule has 0 saturated carbocycles. The SMILES string of the molecule is C[C@]1(c2ccccc2)C=C(c2ccccc2)c2cc3c(cc2O1)O[C@@](C)(c1ccccc1)C=C3c1ccccc1. The first kappa shape index (κ1) is 24.2. The van der Waals surface area contributed by atoms with Crippen LogP contribution in [0.15, 0.2) is 146 Å². The van der Waals surface area contributed by atoms with Gasteiger partial charge in [0.05, 0.1) is 0 Å². The van der Waals surface area contributed by atoms with Crippen LogP contribution in [-0.4, -0.2) is 0 Å². The van der Waals surface area contributed by atoms with Gasteiger partial charge in [0.15, 0.2) is 11.2 Å². The Labute approximate surface area is 235 Å². The van der Waals surface area contributed by atoms with E-state index in [1.807, 2.05) is 12.1 Å². The lowest BCUT2D eigenvalue weighted by atomic mass is 9.81. The normalized spacial score (nSPS) is 21.1. The Morgan fingerprint density at radius 2 is 0.775 bits per heavy atom. The van der Waals surface area contributed by atoms with Gasteiger partial charge in [-0.2, -0.15) is 0 Å². The Bertz CT molecular complexity index is 1610. The molecule has 2 aliphatic rings. The summed E-state index contributed by atoms with van der Waals surface area (Å²) in [4.78, 5) is 0. The van der Waals surface area contributed by atoms with Crippen LogP contribution in [0.5, 0.6) is 11.5 Å². The molecule has 2 heteroatoms. The zero-order valence-electron chi connectivity index (χ0n) is 22.7. The second-order valence-electron chi connectivity index (χ2n) is 10.8. The molecule has 0 radical (unpaired) electrons. The summed E-state index contributed by atoms with van der Waals surface area (Å²) < 4.78 is 13.7. The van der Waals surface area contributed by atoms with Gasteiger partial charge in [-0.15, -0.1) is 0 Å². The van der Waals surface area contributed by atoms with Crippen molar-refractivity contribution in [1.29, 1.82) is 0 Å². The van der Waals surface area contributed by atoms with Crippen LogP contribution in [-0.2, 0) is 11.2 Å². The molecule has 40 heavy (non-hydrogen) atoms. The number of ether oxygens (including phenoxy) is 2. The molecule has 0 N–H and O–H groups in total. The molecule has 194 valence electrons. The molecule has 0 amide bonds. The van der Waals surface area contributed by atoms with E-state index >= 15 is 0 Å². The van der Waals surface area contributed by atoms with Crippen LogP contribution in [0.4, 0.5) is 0 Å². The first-order valence-corrected chi connectivity index (χ1v) is 13.8. The topological polar surface area (TPSA) is 18.5 Å². The molecular weight excluding hydrogens is 488 g/mol. The maximum atomic E-state index is 6.86. The maximum absolute atomic E-state index is 6.86. The fourth-order valence-electron chi connectivity index (χ4n) is 5.91. The van der Waals surface area contributed by atoms with Gasteiger partial charge in [0, 0.05) is 17.2 Å². The van der Waals surface area contributed by atoms with Gasteiger partial charge >= 0.3 is 0 Å². The van der Waals surface area contributed by atoms with Crippen molar-refractivity contribution in [3.05, 3.63) is 179 Å². The first-order chi connectivity index (χ1) is 19.5. The fourth-order valence-corrected chi connectivity index (χ4v) is 5.91. The average Bonchev–Trinajstić information content (AvgIpc) is 3.01. The minimum atomic E-state index is -0.636. The highest BCUT2D eigenvalue weighted by molar-refractivity contribution is 5.91. The monoisotopic (exact) mass is 518 g/mol. The van der Waals surface area contributed by atoms with Crippen LogP contribution in [0.25, 0.3) is 11.1 Å². The van der Waals surface area contributed by atoms with E-state index in [4.69, 9.17) is 9.47 Å². The minimum absolute atomic E-state index is 0.636. The van der Waals surface area contributed by atoms with Crippen molar-refractivity contribution in [3.63, 3.8) is 0 Å². The van der Waals surface area contributed by atoms with Gasteiger partial charge in [-0.25, -0.2) is 0 Å². The number of hydrogen-bond acceptors (Lipinski definition) is 2. The molecule has 0 aromatic heterocycles. The summed E-state index contributed by atoms with van der Waals surface area (Å²) in [6.07, 6.45) is 4.52. The molecule has 0 spiro atoms. The lowest BCUT2D eigenvalue weighted by molar-refractivity contribution is 0.126. The van der Waals surface area contributed by atoms with Gasteiger partial charge in [-0.3, -0.25) is 0 Å². The van der Waals surface area contributed by atoms with Crippen LogP contribution in [0, 0.1) is 0 Å². The first-order valence-electron chi connectivity index (χ1n) is 13.8. The van der Waals surface area contributed by atoms with Crippen LogP contribution in [0.3, 0.4) is 0 Å². The van der Waals surface area contributed by atoms with Crippen molar-refractivity contribution in [2.45, 2.75) is 25.0 Å². The van der Waals surface area contributed by atoms with E-state index in [-0.39, 0.29) is 0 Å². The molecule has 2 aliphatic heterocycles. The van der Waals surface area contributed by atoms with Gasteiger partial charge < -0.3 is 9.47 Å². The van der Waals surface area contributed by atoms with Gasteiger partial charge in [0.25, 0.3) is 0 Å². The Morgan fingerprint density at radius 1 is 0.425 bits per heavy atom. The molecule has 5 aromatic rings. The van der Waals surface area contributed by atoms with E-state index < -0.39 is 11.2 Å². The Balaban J connectivity index is 1.46. The van der Waals surface area contributed by atoms with Crippen molar-refractivity contribution in [3.8, 4) is 11.5 Å². The van der Waals surface area contributed by atoms with Crippen LogP contribution >= 0.6 is 0 Å². The molecule has 2 heterocycles. The van der Waals surface area contributed by atoms with Gasteiger partial charge in [0.2, 0.25) is 0 Å². The standard InChI is InChI=1S/C38H30O2/c1-37(29-19-11-5-12-20-29)25-33(27-15-7-3-8-16-27)31-23-32-34(28-17-9-4-10-18-28)26-38(2,30-21-13-6-14-22-30)40-36(32)24-35(31)39-37/h3-26H,1-2H3/t37-,38-/m1/s1. The van der Waals surface area contributed by atoms with Crippen molar-refractivity contribution in [1.82, 2.24) is 0 Å². The van der Waals surface area contributed by atoms with E-state index in [2.05, 4.69) is 147 Å². The lowest BCUT2D eigenvalue weighted by Gasteiger charge is -2.38. The highest BCUT2D eigenvalue weighted by Gasteiger charge is 2.38. The van der Waals surface area contributed by atoms with Crippen molar-refractivity contribution in [2.24, 2.45) is 0 Å². The lowest BCUT2D eigenvalue weighted by Crippen LogP contribution is -2.32. The van der Waals surface area contributed by atoms with E-state index in [9.17, 15) is 0 Å². The van der Waals surface area contributed by atoms with Gasteiger partial charge in [-0.1, -0.05) is 121 Å². The quantitative estimate of drug-likeness (QED) is 0.236. The van der Waals surface area contributed by atoms with Gasteiger partial charge in [-0.05, 0) is 65.5 Å². The third-order valence-corrected chi connectivity index (χ3v) is 8.01. The van der Waals surface area contributed by atoms with Crippen LogP contribution in [0.2, 0.25) is 0 Å². The molecular formula is C38H30O2. The summed E-state index contributed by atoms with van der Waals surface area (Å²) >= 11 is 0. The largest absolute Gasteiger partial charge is 0.478 e. The van der Waals surface area contributed by atoms with Crippen LogP contribution in [0.1, 0.15) is 47.2 Å². The smallest absolute Gasteiger partial charge is 0.150 e. The minimum Gasteiger partial charge on any atom is -0.478 e. The highest BCUT2D eigenvalue weighted by atomic mass is 16.5. The Kier molecular flexibility index (Phi) is 5.71. The average molecular weight is 519 g/mol. The number of hydrogen-bond donors (Lipinski definition) is 0. The summed E-state index contributed by atoms with van der Waals surface area (Å²) in [6, 6.07) is 46.3. The van der Waals surface area contributed by atoms with Gasteiger partial charge in [0.1, 0.15) is 11.5 Å². The van der Waals surface area contributed by atoms with Crippen molar-refractivity contribution < 1.29 is 9.47 Å². The second-order valence-corrected chi connectivity index (χ2v) is 10.8. The molecule has 0 saturated heterocycles. The van der Waals surface area contributed by atoms with Crippen molar-refractivity contribution in [2.75, 3.05) is 0 Å². The summed E-state index contributed by atoms with van der Waals surface area (Å²) in [5.74, 6) is 1.63. The summed E-state index contributed by atoms with van der Waals surface area (Å²) in [5.41, 5.74) is 7.68. The molecule has 0 aliphatic carbocycles. The molecule has 0 fully saturated rings. The summed E-state index contributed by atoms with van der Waals surface area (Å²) in [6.45, 7) is 4.27. The molecule has 2 nitrogen and oxygen atoms in total. The molecule has 0 bridgehead atoms. The molecule has 2 atom stereocenters. The van der Waals surface area contributed by atoms with E-state index in [1.165, 1.54) is 0 Å². The second kappa shape index (κ2) is 9.43. The third-order valence-electron chi connectivity index (χ3n) is 8.01. The number of benzene rings is 5. The predicted molar refractivity (Wildman–Crippen MR) is 162 cm³/mol. The molecule has 0 unspecified atom stereocenters. The highest BCUT2D eigenvalue weighted by Crippen LogP contribution is 2.51. The Morgan fingerprint density at radius 3 is 1.15 bits per heavy atom. The number of rotatable bonds is 4. The molecule has 5 aromatic carbocycles. The van der Waals surface area contributed by atoms with E-state index in [1.54, 1.807) is 0 Å². The Hall–Kier alpha value is -4.82. The van der Waals surface area contributed by atoms with Crippen molar-refractivity contribution >= 4 is 11.1 Å². The zero-order chi connectivity index (χ0) is 27.2. The zero-order valence-corrected chi connectivity index (χ0v) is 22.7. The number of fused-ring (bicyclic) bond motifs is 2. The summed E-state index contributed by atoms with van der Waals surface area (Å²) in [5, 5.41) is 0. The van der Waals surface area contributed by atoms with Crippen LogP contribution < -0.4 is 9.47 Å². The van der Waals surface area contributed by atoms with E-state index in [0.29, 0.717) is 0 Å². The summed E-state index contributed by atoms with van der Waals surface area (Å²) in [7, 11) is 0. The predicted octanol–water partition coefficient (Wildman–Crippen LogP) is 9.17. The maximum Gasteiger partial charge on any atom is 0.150 e. The van der Waals surface area contributed by atoms with E-state index in [0.717, 1.165) is 56.0 Å². The fraction of sp³-hybridized carbons (Fsp3) is 0.105.